The minimum Gasteiger partial charge on any atom is -0.438 e. The van der Waals surface area contributed by atoms with Crippen molar-refractivity contribution in [1.29, 1.82) is 0 Å². The quantitative estimate of drug-likeness (QED) is 0.688. The van der Waals surface area contributed by atoms with Crippen molar-refractivity contribution in [2.45, 2.75) is 13.0 Å². The van der Waals surface area contributed by atoms with Crippen LogP contribution >= 0.6 is 22.6 Å². The third kappa shape index (κ3) is 2.92. The van der Waals surface area contributed by atoms with E-state index < -0.39 is 0 Å². The number of carbonyl (C=O) groups excluding carboxylic acids is 1. The van der Waals surface area contributed by atoms with Crippen molar-refractivity contribution in [2.24, 2.45) is 0 Å². The second kappa shape index (κ2) is 5.85. The lowest BCUT2D eigenvalue weighted by Gasteiger charge is -2.11. The van der Waals surface area contributed by atoms with Gasteiger partial charge in [0.25, 0.3) is 5.91 Å². The summed E-state index contributed by atoms with van der Waals surface area (Å²) in [6, 6.07) is 14.7. The fourth-order valence-electron chi connectivity index (χ4n) is 2.06. The van der Waals surface area contributed by atoms with Crippen LogP contribution < -0.4 is 5.32 Å². The molecule has 1 N–H and O–H groups in total. The Morgan fingerprint density at radius 1 is 1.19 bits per heavy atom. The van der Waals surface area contributed by atoms with E-state index in [0.29, 0.717) is 11.5 Å². The molecule has 21 heavy (non-hydrogen) atoms. The number of nitrogens with zero attached hydrogens (tertiary/aromatic N) is 1. The van der Waals surface area contributed by atoms with Gasteiger partial charge in [-0.3, -0.25) is 4.79 Å². The number of hydrogen-bond acceptors (Lipinski definition) is 3. The second-order valence-corrected chi connectivity index (χ2v) is 5.86. The molecule has 0 saturated carbocycles. The van der Waals surface area contributed by atoms with Gasteiger partial charge in [0.05, 0.1) is 5.56 Å². The van der Waals surface area contributed by atoms with Crippen LogP contribution in [-0.4, -0.2) is 10.9 Å². The van der Waals surface area contributed by atoms with Crippen molar-refractivity contribution in [3.63, 3.8) is 0 Å². The molecule has 1 atom stereocenters. The summed E-state index contributed by atoms with van der Waals surface area (Å²) in [7, 11) is 0. The molecule has 3 rings (SSSR count). The summed E-state index contributed by atoms with van der Waals surface area (Å²) >= 11 is 2.15. The molecule has 106 valence electrons. The monoisotopic (exact) mass is 392 g/mol. The number of amides is 1. The predicted molar refractivity (Wildman–Crippen MR) is 89.0 cm³/mol. The first-order chi connectivity index (χ1) is 10.1. The minimum atomic E-state index is -0.291. The number of benzene rings is 2. The summed E-state index contributed by atoms with van der Waals surface area (Å²) in [5.74, 6) is 0.380. The van der Waals surface area contributed by atoms with Crippen LogP contribution in [0.4, 0.5) is 0 Å². The molecule has 0 aliphatic heterocycles. The zero-order chi connectivity index (χ0) is 14.8. The molecule has 2 aromatic carbocycles. The molecule has 5 heteroatoms. The summed E-state index contributed by atoms with van der Waals surface area (Å²) in [6.45, 7) is 1.86. The van der Waals surface area contributed by atoms with Crippen LogP contribution in [0.1, 0.15) is 29.2 Å². The zero-order valence-electron chi connectivity index (χ0n) is 11.3. The highest BCUT2D eigenvalue weighted by Gasteiger charge is 2.17. The van der Waals surface area contributed by atoms with Crippen LogP contribution in [0.25, 0.3) is 11.1 Å². The third-order valence-corrected chi connectivity index (χ3v) is 4.09. The van der Waals surface area contributed by atoms with Crippen LogP contribution in [0.2, 0.25) is 0 Å². The van der Waals surface area contributed by atoms with Gasteiger partial charge in [0.1, 0.15) is 11.6 Å². The largest absolute Gasteiger partial charge is 0.438 e. The van der Waals surface area contributed by atoms with E-state index in [1.165, 1.54) is 0 Å². The normalized spacial score (nSPS) is 12.3. The number of para-hydroxylation sites is 2. The fourth-order valence-corrected chi connectivity index (χ4v) is 2.69. The van der Waals surface area contributed by atoms with Crippen LogP contribution in [0, 0.1) is 3.57 Å². The van der Waals surface area contributed by atoms with Gasteiger partial charge in [-0.2, -0.15) is 0 Å². The molecule has 0 aliphatic rings. The zero-order valence-corrected chi connectivity index (χ0v) is 13.5. The number of hydrogen-bond donors (Lipinski definition) is 1. The number of nitrogens with one attached hydrogen (secondary N) is 1. The smallest absolute Gasteiger partial charge is 0.252 e. The maximum atomic E-state index is 12.3. The first-order valence-corrected chi connectivity index (χ1v) is 7.64. The highest BCUT2D eigenvalue weighted by atomic mass is 127. The number of oxazole rings is 1. The van der Waals surface area contributed by atoms with E-state index in [-0.39, 0.29) is 11.9 Å². The van der Waals surface area contributed by atoms with Crippen LogP contribution in [0.5, 0.6) is 0 Å². The molecule has 1 heterocycles. The van der Waals surface area contributed by atoms with E-state index in [0.717, 1.165) is 14.7 Å². The van der Waals surface area contributed by atoms with Gasteiger partial charge >= 0.3 is 0 Å². The first-order valence-electron chi connectivity index (χ1n) is 6.56. The van der Waals surface area contributed by atoms with E-state index in [4.69, 9.17) is 4.42 Å². The standard InChI is InChI=1S/C16H13IN2O2/c1-10(16-19-13-8-4-5-9-14(13)21-16)18-15(20)11-6-2-3-7-12(11)17/h2-10H,1H3,(H,18,20). The Balaban J connectivity index is 1.81. The van der Waals surface area contributed by atoms with Crippen molar-refractivity contribution in [2.75, 3.05) is 0 Å². The fraction of sp³-hybridized carbons (Fsp3) is 0.125. The van der Waals surface area contributed by atoms with Crippen LogP contribution in [0.15, 0.2) is 52.9 Å². The Bertz CT molecular complexity index is 765. The topological polar surface area (TPSA) is 55.1 Å². The van der Waals surface area contributed by atoms with Gasteiger partial charge in [0.2, 0.25) is 5.89 Å². The lowest BCUT2D eigenvalue weighted by Crippen LogP contribution is -2.27. The van der Waals surface area contributed by atoms with Crippen molar-refractivity contribution in [3.8, 4) is 0 Å². The SMILES string of the molecule is CC(NC(=O)c1ccccc1I)c1nc2ccccc2o1. The molecule has 0 saturated heterocycles. The number of fused-ring (bicyclic) bond motifs is 1. The van der Waals surface area contributed by atoms with Crippen molar-refractivity contribution in [3.05, 3.63) is 63.6 Å². The van der Waals surface area contributed by atoms with E-state index in [1.807, 2.05) is 49.4 Å². The molecule has 4 nitrogen and oxygen atoms in total. The molecule has 1 amide bonds. The average Bonchev–Trinajstić information content (AvgIpc) is 2.91. The molecule has 3 aromatic rings. The minimum absolute atomic E-state index is 0.130. The summed E-state index contributed by atoms with van der Waals surface area (Å²) in [5.41, 5.74) is 2.17. The molecular formula is C16H13IN2O2. The predicted octanol–water partition coefficient (Wildman–Crippen LogP) is 3.92. The highest BCUT2D eigenvalue weighted by molar-refractivity contribution is 14.1. The molecule has 1 unspecified atom stereocenters. The molecule has 0 radical (unpaired) electrons. The summed E-state index contributed by atoms with van der Waals surface area (Å²) in [6.07, 6.45) is 0. The first kappa shape index (κ1) is 14.1. The van der Waals surface area contributed by atoms with Gasteiger partial charge in [-0.25, -0.2) is 4.98 Å². The van der Waals surface area contributed by atoms with Gasteiger partial charge in [0, 0.05) is 3.57 Å². The van der Waals surface area contributed by atoms with Gasteiger partial charge in [-0.15, -0.1) is 0 Å². The summed E-state index contributed by atoms with van der Waals surface area (Å²) in [5, 5.41) is 2.91. The number of aromatic nitrogens is 1. The molecule has 0 fully saturated rings. The Labute approximate surface area is 135 Å². The maximum Gasteiger partial charge on any atom is 0.252 e. The number of rotatable bonds is 3. The van der Waals surface area contributed by atoms with Crippen molar-refractivity contribution >= 4 is 39.6 Å². The van der Waals surface area contributed by atoms with Gasteiger partial charge < -0.3 is 9.73 Å². The van der Waals surface area contributed by atoms with Crippen molar-refractivity contribution in [1.82, 2.24) is 10.3 Å². The van der Waals surface area contributed by atoms with Crippen LogP contribution in [-0.2, 0) is 0 Å². The second-order valence-electron chi connectivity index (χ2n) is 4.69. The Morgan fingerprint density at radius 3 is 2.67 bits per heavy atom. The van der Waals surface area contributed by atoms with E-state index >= 15 is 0 Å². The van der Waals surface area contributed by atoms with E-state index in [1.54, 1.807) is 6.07 Å². The van der Waals surface area contributed by atoms with E-state index in [9.17, 15) is 4.79 Å². The van der Waals surface area contributed by atoms with Gasteiger partial charge in [-0.1, -0.05) is 24.3 Å². The average molecular weight is 392 g/mol. The van der Waals surface area contributed by atoms with Gasteiger partial charge in [0.15, 0.2) is 5.58 Å². The molecule has 0 aliphatic carbocycles. The summed E-state index contributed by atoms with van der Waals surface area (Å²) < 4.78 is 6.58. The molecule has 1 aromatic heterocycles. The molecular weight excluding hydrogens is 379 g/mol. The maximum absolute atomic E-state index is 12.3. The number of carbonyl (C=O) groups is 1. The highest BCUT2D eigenvalue weighted by Crippen LogP contribution is 2.20. The Morgan fingerprint density at radius 2 is 1.90 bits per heavy atom. The van der Waals surface area contributed by atoms with Gasteiger partial charge in [-0.05, 0) is 53.8 Å². The van der Waals surface area contributed by atoms with Crippen LogP contribution in [0.3, 0.4) is 0 Å². The Hall–Kier alpha value is -1.89. The van der Waals surface area contributed by atoms with Crippen molar-refractivity contribution < 1.29 is 9.21 Å². The Kier molecular flexibility index (Phi) is 3.92. The molecule has 0 bridgehead atoms. The summed E-state index contributed by atoms with van der Waals surface area (Å²) in [4.78, 5) is 16.7. The third-order valence-electron chi connectivity index (χ3n) is 3.15. The number of halogens is 1. The lowest BCUT2D eigenvalue weighted by atomic mass is 10.2. The van der Waals surface area contributed by atoms with E-state index in [2.05, 4.69) is 32.9 Å². The molecule has 0 spiro atoms. The lowest BCUT2D eigenvalue weighted by molar-refractivity contribution is 0.0933.